The SMILES string of the molecule is Cc1ccc(C(O)(c2ccc(F)cn2)c2cc(-c3c(C)noc3C)c(F)c3[nH]c(C4CC4)nc23)nc1. The van der Waals surface area contributed by atoms with Crippen molar-refractivity contribution in [3.63, 3.8) is 0 Å². The summed E-state index contributed by atoms with van der Waals surface area (Å²) in [6, 6.07) is 7.66. The molecule has 5 aromatic rings. The van der Waals surface area contributed by atoms with Crippen molar-refractivity contribution in [2.24, 2.45) is 0 Å². The van der Waals surface area contributed by atoms with Gasteiger partial charge in [-0.05, 0) is 63.4 Å². The summed E-state index contributed by atoms with van der Waals surface area (Å²) >= 11 is 0. The number of aromatic amines is 1. The topological polar surface area (TPSA) is 101 Å². The minimum Gasteiger partial charge on any atom is -0.373 e. The standard InChI is InChI=1S/C27H23F2N5O2/c1-13-4-8-20(30-11-13)27(35,21-9-7-17(28)12-31-21)19-10-18(22-14(2)34-36-15(22)3)23(29)25-24(19)32-26(33-25)16-5-6-16/h4,7-12,16,35H,5-6H2,1-3H3,(H,32,33). The van der Waals surface area contributed by atoms with Crippen LogP contribution in [0, 0.1) is 32.4 Å². The molecule has 0 radical (unpaired) electrons. The first kappa shape index (κ1) is 22.5. The van der Waals surface area contributed by atoms with Gasteiger partial charge in [0.15, 0.2) is 11.4 Å². The minimum absolute atomic E-state index is 0.133. The Bertz CT molecular complexity index is 1540. The Labute approximate surface area is 205 Å². The van der Waals surface area contributed by atoms with Gasteiger partial charge < -0.3 is 14.6 Å². The van der Waals surface area contributed by atoms with Crippen LogP contribution in [0.15, 0.2) is 47.2 Å². The van der Waals surface area contributed by atoms with Crippen molar-refractivity contribution in [2.45, 2.75) is 45.1 Å². The van der Waals surface area contributed by atoms with Crippen LogP contribution in [0.1, 0.15) is 58.6 Å². The summed E-state index contributed by atoms with van der Waals surface area (Å²) in [6.45, 7) is 5.32. The third kappa shape index (κ3) is 3.42. The molecule has 0 saturated heterocycles. The molecule has 0 bridgehead atoms. The zero-order chi connectivity index (χ0) is 25.2. The van der Waals surface area contributed by atoms with Crippen molar-refractivity contribution in [2.75, 3.05) is 0 Å². The van der Waals surface area contributed by atoms with E-state index in [1.807, 2.05) is 13.0 Å². The Morgan fingerprint density at radius 1 is 1.03 bits per heavy atom. The van der Waals surface area contributed by atoms with Crippen LogP contribution in [-0.4, -0.2) is 30.2 Å². The Kier molecular flexibility index (Phi) is 5.01. The van der Waals surface area contributed by atoms with Gasteiger partial charge in [-0.15, -0.1) is 0 Å². The third-order valence-electron chi connectivity index (χ3n) is 6.76. The number of aromatic nitrogens is 5. The maximum Gasteiger partial charge on any atom is 0.176 e. The maximum atomic E-state index is 16.1. The van der Waals surface area contributed by atoms with E-state index < -0.39 is 17.2 Å². The molecule has 36 heavy (non-hydrogen) atoms. The maximum absolute atomic E-state index is 16.1. The zero-order valence-electron chi connectivity index (χ0n) is 19.9. The first-order chi connectivity index (χ1) is 17.3. The number of rotatable bonds is 5. The van der Waals surface area contributed by atoms with E-state index in [1.54, 1.807) is 32.2 Å². The van der Waals surface area contributed by atoms with Gasteiger partial charge in [0.25, 0.3) is 0 Å². The van der Waals surface area contributed by atoms with Gasteiger partial charge in [0.1, 0.15) is 22.9 Å². The predicted octanol–water partition coefficient (Wildman–Crippen LogP) is 5.37. The normalized spacial score (nSPS) is 15.4. The highest BCUT2D eigenvalue weighted by Crippen LogP contribution is 2.45. The van der Waals surface area contributed by atoms with E-state index >= 15 is 4.39 Å². The molecular formula is C27H23F2N5O2. The highest BCUT2D eigenvalue weighted by atomic mass is 19.1. The molecule has 4 heterocycles. The number of benzene rings is 1. The van der Waals surface area contributed by atoms with Crippen molar-refractivity contribution in [3.05, 3.63) is 94.2 Å². The second-order valence-electron chi connectivity index (χ2n) is 9.40. The van der Waals surface area contributed by atoms with E-state index in [4.69, 9.17) is 9.51 Å². The van der Waals surface area contributed by atoms with E-state index in [0.717, 1.165) is 24.6 Å². The van der Waals surface area contributed by atoms with Crippen LogP contribution >= 0.6 is 0 Å². The molecule has 7 nitrogen and oxygen atoms in total. The van der Waals surface area contributed by atoms with Gasteiger partial charge in [0.2, 0.25) is 0 Å². The molecule has 9 heteroatoms. The Hall–Kier alpha value is -3.98. The molecule has 182 valence electrons. The predicted molar refractivity (Wildman–Crippen MR) is 128 cm³/mol. The number of imidazole rings is 1. The van der Waals surface area contributed by atoms with Crippen molar-refractivity contribution in [3.8, 4) is 11.1 Å². The molecule has 4 aromatic heterocycles. The summed E-state index contributed by atoms with van der Waals surface area (Å²) in [6.07, 6.45) is 4.57. The lowest BCUT2D eigenvalue weighted by molar-refractivity contribution is 0.117. The van der Waals surface area contributed by atoms with Crippen molar-refractivity contribution < 1.29 is 18.4 Å². The largest absolute Gasteiger partial charge is 0.373 e. The fourth-order valence-electron chi connectivity index (χ4n) is 4.71. The van der Waals surface area contributed by atoms with Crippen LogP contribution in [0.2, 0.25) is 0 Å². The average molecular weight is 488 g/mol. The fourth-order valence-corrected chi connectivity index (χ4v) is 4.71. The first-order valence-electron chi connectivity index (χ1n) is 11.7. The highest BCUT2D eigenvalue weighted by Gasteiger charge is 2.41. The van der Waals surface area contributed by atoms with Gasteiger partial charge in [-0.25, -0.2) is 13.8 Å². The number of nitrogens with zero attached hydrogens (tertiary/aromatic N) is 4. The summed E-state index contributed by atoms with van der Waals surface area (Å²) < 4.78 is 35.2. The molecule has 0 amide bonds. The second kappa shape index (κ2) is 8.03. The molecular weight excluding hydrogens is 464 g/mol. The Morgan fingerprint density at radius 3 is 2.33 bits per heavy atom. The smallest absolute Gasteiger partial charge is 0.176 e. The van der Waals surface area contributed by atoms with E-state index in [2.05, 4.69) is 20.1 Å². The minimum atomic E-state index is -1.96. The number of fused-ring (bicyclic) bond motifs is 1. The molecule has 1 atom stereocenters. The Morgan fingerprint density at radius 2 is 1.75 bits per heavy atom. The van der Waals surface area contributed by atoms with Crippen molar-refractivity contribution in [1.29, 1.82) is 0 Å². The van der Waals surface area contributed by atoms with Crippen LogP contribution in [-0.2, 0) is 5.60 Å². The number of H-pyrrole nitrogens is 1. The molecule has 1 saturated carbocycles. The van der Waals surface area contributed by atoms with E-state index in [9.17, 15) is 9.50 Å². The molecule has 0 spiro atoms. The molecule has 1 fully saturated rings. The first-order valence-corrected chi connectivity index (χ1v) is 11.7. The van der Waals surface area contributed by atoms with E-state index in [-0.39, 0.29) is 39.5 Å². The highest BCUT2D eigenvalue weighted by molar-refractivity contribution is 5.89. The van der Waals surface area contributed by atoms with Crippen molar-refractivity contribution in [1.82, 2.24) is 25.1 Å². The molecule has 1 unspecified atom stereocenters. The molecule has 0 aliphatic heterocycles. The molecule has 2 N–H and O–H groups in total. The summed E-state index contributed by atoms with van der Waals surface area (Å²) in [4.78, 5) is 16.6. The number of aryl methyl sites for hydroxylation is 3. The number of halogens is 2. The van der Waals surface area contributed by atoms with Crippen LogP contribution < -0.4 is 0 Å². The summed E-state index contributed by atoms with van der Waals surface area (Å²) in [5.74, 6) is 0.243. The lowest BCUT2D eigenvalue weighted by atomic mass is 9.83. The lowest BCUT2D eigenvalue weighted by Gasteiger charge is -2.29. The van der Waals surface area contributed by atoms with Gasteiger partial charge in [0, 0.05) is 23.2 Å². The fraction of sp³-hybridized carbons (Fsp3) is 0.259. The molecule has 1 aromatic carbocycles. The monoisotopic (exact) mass is 487 g/mol. The third-order valence-corrected chi connectivity index (χ3v) is 6.76. The van der Waals surface area contributed by atoms with Gasteiger partial charge in [-0.3, -0.25) is 9.97 Å². The molecule has 6 rings (SSSR count). The van der Waals surface area contributed by atoms with Crippen molar-refractivity contribution >= 4 is 11.0 Å². The average Bonchev–Trinajstić information content (AvgIpc) is 3.54. The van der Waals surface area contributed by atoms with E-state index in [1.165, 1.54) is 12.1 Å². The summed E-state index contributed by atoms with van der Waals surface area (Å²) in [5.41, 5.74) is 1.22. The zero-order valence-corrected chi connectivity index (χ0v) is 19.9. The molecule has 1 aliphatic carbocycles. The van der Waals surface area contributed by atoms with E-state index in [0.29, 0.717) is 22.8 Å². The van der Waals surface area contributed by atoms with Crippen LogP contribution in [0.4, 0.5) is 8.78 Å². The molecule has 1 aliphatic rings. The number of aliphatic hydroxyl groups is 1. The quantitative estimate of drug-likeness (QED) is 0.346. The van der Waals surface area contributed by atoms with Crippen LogP contribution in [0.5, 0.6) is 0 Å². The second-order valence-corrected chi connectivity index (χ2v) is 9.40. The number of hydrogen-bond acceptors (Lipinski definition) is 6. The van der Waals surface area contributed by atoms with Gasteiger partial charge in [-0.2, -0.15) is 0 Å². The Balaban J connectivity index is 1.72. The lowest BCUT2D eigenvalue weighted by Crippen LogP contribution is -2.32. The number of nitrogens with one attached hydrogen (secondary N) is 1. The van der Waals surface area contributed by atoms with Gasteiger partial charge in [-0.1, -0.05) is 11.2 Å². The van der Waals surface area contributed by atoms with Gasteiger partial charge >= 0.3 is 0 Å². The van der Waals surface area contributed by atoms with Gasteiger partial charge in [0.05, 0.1) is 34.4 Å². The number of pyridine rings is 2. The van der Waals surface area contributed by atoms with Crippen LogP contribution in [0.25, 0.3) is 22.2 Å². The number of hydrogen-bond donors (Lipinski definition) is 2. The summed E-state index contributed by atoms with van der Waals surface area (Å²) in [5, 5.41) is 16.4. The van der Waals surface area contributed by atoms with Crippen LogP contribution in [0.3, 0.4) is 0 Å². The summed E-state index contributed by atoms with van der Waals surface area (Å²) in [7, 11) is 0.